The van der Waals surface area contributed by atoms with E-state index in [9.17, 15) is 4.79 Å². The molecule has 28 heavy (non-hydrogen) atoms. The third kappa shape index (κ3) is 7.35. The van der Waals surface area contributed by atoms with Gasteiger partial charge in [0.25, 0.3) is 5.91 Å². The molecule has 0 unspecified atom stereocenters. The van der Waals surface area contributed by atoms with Gasteiger partial charge in [0.05, 0.1) is 6.51 Å². The molecular weight excluding hydrogens is 529 g/mol. The standard InChI is InChI=1S/C18H21BN3O4.CH3.W/c1-19-12-26-16-10-6-9-15(21-16)25-11-13-7-4-5-8-14(13)17(22-24-3)18(23)20-2;;/h4-10H,11-12H2,1-3H3,(H,20,23);1H3;/q;-1;/b22-17-;;. The fraction of sp³-hybridized carbons (Fsp3) is 0.263. The molecule has 0 bridgehead atoms. The van der Waals surface area contributed by atoms with Gasteiger partial charge in [-0.05, 0) is 5.56 Å². The zero-order valence-electron chi connectivity index (χ0n) is 16.5. The van der Waals surface area contributed by atoms with E-state index in [4.69, 9.17) is 14.3 Å². The first-order chi connectivity index (χ1) is 12.7. The van der Waals surface area contributed by atoms with Crippen LogP contribution in [0, 0.1) is 7.43 Å². The van der Waals surface area contributed by atoms with Gasteiger partial charge in [0, 0.05) is 45.8 Å². The molecule has 1 N–H and O–H groups in total. The Balaban J connectivity index is 0.00000364. The van der Waals surface area contributed by atoms with Crippen molar-refractivity contribution in [1.82, 2.24) is 10.3 Å². The van der Waals surface area contributed by atoms with Crippen LogP contribution in [0.2, 0.25) is 6.82 Å². The topological polar surface area (TPSA) is 82.0 Å². The first kappa shape index (κ1) is 25.7. The van der Waals surface area contributed by atoms with Crippen molar-refractivity contribution in [2.24, 2.45) is 5.16 Å². The Morgan fingerprint density at radius 1 is 1.14 bits per heavy atom. The predicted octanol–water partition coefficient (Wildman–Crippen LogP) is 2.29. The quantitative estimate of drug-likeness (QED) is 0.223. The minimum absolute atomic E-state index is 0. The number of carbonyl (C=O) groups excluding carboxylic acids is 1. The summed E-state index contributed by atoms with van der Waals surface area (Å²) in [5.74, 6) is 0.572. The van der Waals surface area contributed by atoms with Crippen molar-refractivity contribution in [3.05, 3.63) is 61.0 Å². The number of hydrogen-bond donors (Lipinski definition) is 1. The van der Waals surface area contributed by atoms with E-state index in [2.05, 4.69) is 15.5 Å². The Morgan fingerprint density at radius 3 is 2.46 bits per heavy atom. The van der Waals surface area contributed by atoms with Gasteiger partial charge in [-0.25, -0.2) is 0 Å². The zero-order chi connectivity index (χ0) is 18.8. The second kappa shape index (κ2) is 13.8. The zero-order valence-corrected chi connectivity index (χ0v) is 19.4. The number of ether oxygens (including phenoxy) is 2. The van der Waals surface area contributed by atoms with Gasteiger partial charge in [0.15, 0.2) is 13.0 Å². The van der Waals surface area contributed by atoms with Crippen LogP contribution in [-0.4, -0.2) is 44.5 Å². The summed E-state index contributed by atoms with van der Waals surface area (Å²) in [6.07, 6.45) is 0. The molecule has 2 rings (SSSR count). The fourth-order valence-electron chi connectivity index (χ4n) is 2.18. The van der Waals surface area contributed by atoms with E-state index < -0.39 is 0 Å². The molecule has 0 saturated carbocycles. The summed E-state index contributed by atoms with van der Waals surface area (Å²) in [6, 6.07) is 12.6. The molecule has 0 atom stereocenters. The number of pyridine rings is 1. The number of nitrogens with one attached hydrogen (secondary N) is 1. The van der Waals surface area contributed by atoms with Gasteiger partial charge in [0.2, 0.25) is 11.8 Å². The number of benzene rings is 1. The number of aromatic nitrogens is 1. The Kier molecular flexibility index (Phi) is 12.6. The number of carbonyl (C=O) groups is 1. The van der Waals surface area contributed by atoms with Gasteiger partial charge in [-0.3, -0.25) is 4.79 Å². The Hall–Kier alpha value is -2.34. The Bertz CT molecular complexity index is 774. The second-order valence-electron chi connectivity index (χ2n) is 5.18. The van der Waals surface area contributed by atoms with Crippen molar-refractivity contribution >= 4 is 18.9 Å². The van der Waals surface area contributed by atoms with Crippen LogP contribution in [0.15, 0.2) is 47.6 Å². The van der Waals surface area contributed by atoms with E-state index in [-0.39, 0.29) is 46.7 Å². The SMILES string of the molecule is C[B]COc1cccc(OCc2ccccc2/C(=N/OC)C(=O)NC)n1.[CH3-].[W]. The van der Waals surface area contributed by atoms with Gasteiger partial charge in [-0.1, -0.05) is 42.3 Å². The summed E-state index contributed by atoms with van der Waals surface area (Å²) in [5.41, 5.74) is 1.58. The number of nitrogens with zero attached hydrogens (tertiary/aromatic N) is 2. The molecule has 1 aromatic carbocycles. The van der Waals surface area contributed by atoms with Crippen molar-refractivity contribution < 1.29 is 40.2 Å². The van der Waals surface area contributed by atoms with Crippen LogP contribution in [0.1, 0.15) is 11.1 Å². The maximum atomic E-state index is 12.1. The molecule has 1 amide bonds. The van der Waals surface area contributed by atoms with E-state index in [1.54, 1.807) is 18.2 Å². The van der Waals surface area contributed by atoms with Crippen LogP contribution in [-0.2, 0) is 37.3 Å². The Morgan fingerprint density at radius 2 is 1.82 bits per heavy atom. The van der Waals surface area contributed by atoms with Gasteiger partial charge < -0.3 is 27.1 Å². The average molecular weight is 553 g/mol. The molecule has 0 spiro atoms. The van der Waals surface area contributed by atoms with E-state index in [1.807, 2.05) is 38.4 Å². The minimum Gasteiger partial charge on any atom is -0.487 e. The van der Waals surface area contributed by atoms with Crippen LogP contribution in [0.4, 0.5) is 0 Å². The number of amides is 1. The van der Waals surface area contributed by atoms with Crippen LogP contribution in [0.3, 0.4) is 0 Å². The summed E-state index contributed by atoms with van der Waals surface area (Å²) >= 11 is 0. The van der Waals surface area contributed by atoms with Gasteiger partial charge in [0.1, 0.15) is 13.7 Å². The van der Waals surface area contributed by atoms with Gasteiger partial charge in [-0.15, -0.1) is 0 Å². The molecular formula is C19H24BN3O4W-. The second-order valence-corrected chi connectivity index (χ2v) is 5.18. The third-order valence-corrected chi connectivity index (χ3v) is 3.37. The molecule has 0 aliphatic rings. The largest absolute Gasteiger partial charge is 0.487 e. The molecule has 2 aromatic rings. The monoisotopic (exact) mass is 553 g/mol. The first-order valence-corrected chi connectivity index (χ1v) is 8.11. The minimum atomic E-state index is -0.344. The van der Waals surface area contributed by atoms with Crippen molar-refractivity contribution in [3.8, 4) is 11.8 Å². The summed E-state index contributed by atoms with van der Waals surface area (Å²) < 4.78 is 11.2. The number of rotatable bonds is 9. The number of oxime groups is 1. The Labute approximate surface area is 181 Å². The number of likely N-dealkylation sites (N-methyl/N-ethyl adjacent to an activating group) is 1. The first-order valence-electron chi connectivity index (χ1n) is 8.11. The third-order valence-electron chi connectivity index (χ3n) is 3.37. The van der Waals surface area contributed by atoms with E-state index in [0.29, 0.717) is 23.8 Å². The van der Waals surface area contributed by atoms with Crippen LogP contribution < -0.4 is 14.8 Å². The van der Waals surface area contributed by atoms with E-state index >= 15 is 0 Å². The van der Waals surface area contributed by atoms with Crippen molar-refractivity contribution in [2.45, 2.75) is 13.4 Å². The molecule has 0 saturated heterocycles. The van der Waals surface area contributed by atoms with Gasteiger partial charge in [-0.2, -0.15) is 4.98 Å². The summed E-state index contributed by atoms with van der Waals surface area (Å²) in [4.78, 5) is 21.2. The average Bonchev–Trinajstić information content (AvgIpc) is 2.69. The van der Waals surface area contributed by atoms with Crippen LogP contribution in [0.25, 0.3) is 0 Å². The predicted molar refractivity (Wildman–Crippen MR) is 106 cm³/mol. The van der Waals surface area contributed by atoms with Crippen LogP contribution in [0.5, 0.6) is 11.8 Å². The fourth-order valence-corrected chi connectivity index (χ4v) is 2.18. The molecule has 0 aliphatic carbocycles. The molecule has 1 aromatic heterocycles. The molecule has 0 fully saturated rings. The molecule has 149 valence electrons. The molecule has 1 radical (unpaired) electrons. The molecule has 9 heteroatoms. The molecule has 1 heterocycles. The maximum Gasteiger partial charge on any atom is 0.273 e. The van der Waals surface area contributed by atoms with Crippen molar-refractivity contribution in [2.75, 3.05) is 20.7 Å². The molecule has 7 nitrogen and oxygen atoms in total. The van der Waals surface area contributed by atoms with E-state index in [0.717, 1.165) is 5.56 Å². The van der Waals surface area contributed by atoms with Crippen molar-refractivity contribution in [1.29, 1.82) is 0 Å². The summed E-state index contributed by atoms with van der Waals surface area (Å²) in [5, 5.41) is 6.39. The van der Waals surface area contributed by atoms with Gasteiger partial charge >= 0.3 is 0 Å². The summed E-state index contributed by atoms with van der Waals surface area (Å²) in [7, 11) is 4.82. The molecule has 0 aliphatic heterocycles. The number of hydrogen-bond acceptors (Lipinski definition) is 6. The summed E-state index contributed by atoms with van der Waals surface area (Å²) in [6.45, 7) is 2.59. The normalized spacial score (nSPS) is 10.0. The smallest absolute Gasteiger partial charge is 0.273 e. The van der Waals surface area contributed by atoms with Crippen LogP contribution >= 0.6 is 0 Å². The van der Waals surface area contributed by atoms with Crippen molar-refractivity contribution in [3.63, 3.8) is 0 Å². The maximum absolute atomic E-state index is 12.1. The van der Waals surface area contributed by atoms with E-state index in [1.165, 1.54) is 14.2 Å².